The molecular formula is C23H21N3O2. The van der Waals surface area contributed by atoms with Gasteiger partial charge in [0.25, 0.3) is 0 Å². The summed E-state index contributed by atoms with van der Waals surface area (Å²) in [6.45, 7) is 3.12. The molecular weight excluding hydrogens is 350 g/mol. The lowest BCUT2D eigenvalue weighted by molar-refractivity contribution is 0.103. The van der Waals surface area contributed by atoms with Gasteiger partial charge in [-0.15, -0.1) is 0 Å². The molecule has 0 aliphatic carbocycles. The fourth-order valence-electron chi connectivity index (χ4n) is 3.77. The van der Waals surface area contributed by atoms with Gasteiger partial charge in [0.1, 0.15) is 5.76 Å². The summed E-state index contributed by atoms with van der Waals surface area (Å²) in [4.78, 5) is 23.0. The fourth-order valence-corrected chi connectivity index (χ4v) is 3.77. The van der Waals surface area contributed by atoms with Crippen LogP contribution in [0.15, 0.2) is 65.1 Å². The Morgan fingerprint density at radius 2 is 1.82 bits per heavy atom. The normalized spacial score (nSPS) is 14.7. The van der Waals surface area contributed by atoms with Crippen LogP contribution in [0, 0.1) is 0 Å². The van der Waals surface area contributed by atoms with Crippen molar-refractivity contribution in [2.45, 2.75) is 19.4 Å². The molecule has 2 aromatic carbocycles. The van der Waals surface area contributed by atoms with Crippen LogP contribution in [0.25, 0.3) is 22.6 Å². The molecule has 1 aliphatic heterocycles. The molecule has 0 unspecified atom stereocenters. The second kappa shape index (κ2) is 7.09. The van der Waals surface area contributed by atoms with Gasteiger partial charge in [-0.2, -0.15) is 0 Å². The Balaban J connectivity index is 1.41. The van der Waals surface area contributed by atoms with Crippen molar-refractivity contribution >= 4 is 16.8 Å². The van der Waals surface area contributed by atoms with E-state index in [0.717, 1.165) is 42.2 Å². The molecule has 4 aromatic rings. The van der Waals surface area contributed by atoms with Crippen molar-refractivity contribution in [2.24, 2.45) is 0 Å². The van der Waals surface area contributed by atoms with Gasteiger partial charge in [-0.1, -0.05) is 30.3 Å². The number of hydrogen-bond donors (Lipinski definition) is 1. The summed E-state index contributed by atoms with van der Waals surface area (Å²) in [5.74, 6) is 2.36. The Labute approximate surface area is 163 Å². The Bertz CT molecular complexity index is 1120. The molecule has 0 radical (unpaired) electrons. The number of aromatic amines is 1. The first-order valence-electron chi connectivity index (χ1n) is 9.67. The summed E-state index contributed by atoms with van der Waals surface area (Å²) in [6, 6.07) is 18.8. The maximum Gasteiger partial charge on any atom is 0.193 e. The number of nitrogens with zero attached hydrogens (tertiary/aromatic N) is 2. The Morgan fingerprint density at radius 3 is 2.64 bits per heavy atom. The third-order valence-corrected chi connectivity index (χ3v) is 5.25. The Kier molecular flexibility index (Phi) is 4.29. The van der Waals surface area contributed by atoms with E-state index in [9.17, 15) is 4.79 Å². The summed E-state index contributed by atoms with van der Waals surface area (Å²) >= 11 is 0. The van der Waals surface area contributed by atoms with Crippen molar-refractivity contribution in [3.8, 4) is 11.6 Å². The number of likely N-dealkylation sites (tertiary alicyclic amines) is 1. The van der Waals surface area contributed by atoms with Gasteiger partial charge in [-0.05, 0) is 56.3 Å². The van der Waals surface area contributed by atoms with E-state index in [1.807, 2.05) is 60.7 Å². The predicted molar refractivity (Wildman–Crippen MR) is 108 cm³/mol. The van der Waals surface area contributed by atoms with Crippen LogP contribution in [0.4, 0.5) is 0 Å². The van der Waals surface area contributed by atoms with Crippen molar-refractivity contribution in [1.29, 1.82) is 0 Å². The number of ketones is 1. The molecule has 3 heterocycles. The highest BCUT2D eigenvalue weighted by Gasteiger charge is 2.16. The molecule has 1 aliphatic rings. The first-order chi connectivity index (χ1) is 13.8. The summed E-state index contributed by atoms with van der Waals surface area (Å²) in [7, 11) is 0. The number of aromatic nitrogens is 2. The number of carbonyl (C=O) groups excluding carboxylic acids is 1. The molecule has 2 aromatic heterocycles. The molecule has 1 saturated heterocycles. The van der Waals surface area contributed by atoms with Crippen molar-refractivity contribution in [1.82, 2.24) is 14.9 Å². The van der Waals surface area contributed by atoms with Crippen LogP contribution in [0.5, 0.6) is 0 Å². The average Bonchev–Trinajstić information content (AvgIpc) is 3.48. The van der Waals surface area contributed by atoms with Crippen LogP contribution in [0.3, 0.4) is 0 Å². The summed E-state index contributed by atoms with van der Waals surface area (Å²) in [5.41, 5.74) is 2.95. The molecule has 0 spiro atoms. The van der Waals surface area contributed by atoms with Crippen LogP contribution in [0.1, 0.15) is 34.5 Å². The van der Waals surface area contributed by atoms with Gasteiger partial charge >= 0.3 is 0 Å². The number of carbonyl (C=O) groups is 1. The van der Waals surface area contributed by atoms with E-state index in [1.54, 1.807) is 0 Å². The number of benzene rings is 2. The quantitative estimate of drug-likeness (QED) is 0.519. The van der Waals surface area contributed by atoms with Gasteiger partial charge in [-0.3, -0.25) is 9.69 Å². The molecule has 0 amide bonds. The molecule has 0 saturated carbocycles. The maximum atomic E-state index is 12.7. The third kappa shape index (κ3) is 3.25. The van der Waals surface area contributed by atoms with Crippen LogP contribution in [-0.4, -0.2) is 33.7 Å². The highest BCUT2D eigenvalue weighted by Crippen LogP contribution is 2.25. The smallest absolute Gasteiger partial charge is 0.193 e. The molecule has 0 atom stereocenters. The first-order valence-corrected chi connectivity index (χ1v) is 9.67. The minimum Gasteiger partial charge on any atom is -0.456 e. The lowest BCUT2D eigenvalue weighted by Gasteiger charge is -2.11. The Hall–Kier alpha value is -3.18. The van der Waals surface area contributed by atoms with Gasteiger partial charge in [-0.25, -0.2) is 4.98 Å². The van der Waals surface area contributed by atoms with Crippen LogP contribution >= 0.6 is 0 Å². The largest absolute Gasteiger partial charge is 0.456 e. The van der Waals surface area contributed by atoms with Crippen LogP contribution < -0.4 is 0 Å². The zero-order valence-corrected chi connectivity index (χ0v) is 15.5. The first kappa shape index (κ1) is 17.0. The van der Waals surface area contributed by atoms with Crippen molar-refractivity contribution in [2.75, 3.05) is 13.1 Å². The summed E-state index contributed by atoms with van der Waals surface area (Å²) < 4.78 is 6.01. The van der Waals surface area contributed by atoms with E-state index in [2.05, 4.69) is 14.9 Å². The second-order valence-corrected chi connectivity index (χ2v) is 7.26. The number of fused-ring (bicyclic) bond motifs is 1. The fraction of sp³-hybridized carbons (Fsp3) is 0.217. The molecule has 1 N–H and O–H groups in total. The van der Waals surface area contributed by atoms with Gasteiger partial charge in [0, 0.05) is 11.1 Å². The number of H-pyrrole nitrogens is 1. The maximum absolute atomic E-state index is 12.7. The van der Waals surface area contributed by atoms with Crippen molar-refractivity contribution in [3.63, 3.8) is 0 Å². The van der Waals surface area contributed by atoms with E-state index in [0.29, 0.717) is 17.0 Å². The summed E-state index contributed by atoms with van der Waals surface area (Å²) in [6.07, 6.45) is 2.53. The van der Waals surface area contributed by atoms with Crippen LogP contribution in [0.2, 0.25) is 0 Å². The highest BCUT2D eigenvalue weighted by atomic mass is 16.3. The zero-order chi connectivity index (χ0) is 18.9. The number of furan rings is 1. The number of rotatable bonds is 5. The number of imidazole rings is 1. The van der Waals surface area contributed by atoms with Gasteiger partial charge < -0.3 is 9.40 Å². The lowest BCUT2D eigenvalue weighted by Crippen LogP contribution is -2.17. The Morgan fingerprint density at radius 1 is 1.00 bits per heavy atom. The zero-order valence-electron chi connectivity index (χ0n) is 15.5. The number of nitrogens with one attached hydrogen (secondary N) is 1. The molecule has 5 nitrogen and oxygen atoms in total. The highest BCUT2D eigenvalue weighted by molar-refractivity contribution is 6.10. The topological polar surface area (TPSA) is 62.1 Å². The molecule has 5 rings (SSSR count). The number of hydrogen-bond acceptors (Lipinski definition) is 4. The third-order valence-electron chi connectivity index (χ3n) is 5.25. The van der Waals surface area contributed by atoms with E-state index < -0.39 is 0 Å². The molecule has 28 heavy (non-hydrogen) atoms. The average molecular weight is 371 g/mol. The standard InChI is InChI=1S/C23H21N3O2/c27-22(16-6-2-1-3-7-16)17-8-10-19-20(14-17)25-23(24-19)21-11-9-18(28-21)15-26-12-4-5-13-26/h1-3,6-11,14H,4-5,12-13,15H2,(H,24,25). The SMILES string of the molecule is O=C(c1ccccc1)c1ccc2[nH]c(-c3ccc(CN4CCCC4)o3)nc2c1. The van der Waals surface area contributed by atoms with E-state index in [1.165, 1.54) is 12.8 Å². The van der Waals surface area contributed by atoms with Gasteiger partial charge in [0.05, 0.1) is 17.6 Å². The van der Waals surface area contributed by atoms with E-state index in [4.69, 9.17) is 4.42 Å². The van der Waals surface area contributed by atoms with Crippen molar-refractivity contribution in [3.05, 3.63) is 77.6 Å². The molecule has 0 bridgehead atoms. The minimum absolute atomic E-state index is 0.00190. The molecule has 5 heteroatoms. The molecule has 140 valence electrons. The monoisotopic (exact) mass is 371 g/mol. The van der Waals surface area contributed by atoms with Gasteiger partial charge in [0.15, 0.2) is 17.4 Å². The minimum atomic E-state index is -0.00190. The lowest BCUT2D eigenvalue weighted by atomic mass is 10.0. The van der Waals surface area contributed by atoms with Crippen LogP contribution in [-0.2, 0) is 6.54 Å². The molecule has 1 fully saturated rings. The van der Waals surface area contributed by atoms with E-state index in [-0.39, 0.29) is 5.78 Å². The van der Waals surface area contributed by atoms with Crippen molar-refractivity contribution < 1.29 is 9.21 Å². The van der Waals surface area contributed by atoms with Gasteiger partial charge in [0.2, 0.25) is 0 Å². The predicted octanol–water partition coefficient (Wildman–Crippen LogP) is 4.65. The second-order valence-electron chi connectivity index (χ2n) is 7.26. The van der Waals surface area contributed by atoms with E-state index >= 15 is 0 Å². The summed E-state index contributed by atoms with van der Waals surface area (Å²) in [5, 5.41) is 0.